The number of nitrogens with one attached hydrogen (secondary N) is 1. The monoisotopic (exact) mass is 256 g/mol. The van der Waals surface area contributed by atoms with Gasteiger partial charge in [0.2, 0.25) is 0 Å². The maximum absolute atomic E-state index is 12.6. The van der Waals surface area contributed by atoms with Crippen LogP contribution in [0.3, 0.4) is 0 Å². The lowest BCUT2D eigenvalue weighted by molar-refractivity contribution is -0.137. The van der Waals surface area contributed by atoms with Gasteiger partial charge in [-0.3, -0.25) is 0 Å². The number of hydrogen-bond acceptors (Lipinski definition) is 4. The number of nitrogens with two attached hydrogens (primary N) is 1. The molecule has 96 valence electrons. The summed E-state index contributed by atoms with van der Waals surface area (Å²) < 4.78 is 37.8. The molecule has 0 saturated heterocycles. The van der Waals surface area contributed by atoms with Crippen molar-refractivity contribution in [3.8, 4) is 0 Å². The molecule has 0 aliphatic rings. The summed E-state index contributed by atoms with van der Waals surface area (Å²) in [5.74, 6) is 6.07. The van der Waals surface area contributed by atoms with Crippen LogP contribution in [0.25, 0.3) is 10.9 Å². The van der Waals surface area contributed by atoms with Crippen LogP contribution in [0.15, 0.2) is 18.2 Å². The molecular weight excluding hydrogens is 245 g/mol. The van der Waals surface area contributed by atoms with E-state index in [0.29, 0.717) is 23.4 Å². The number of aryl methyl sites for hydroxylation is 1. The molecule has 1 aromatic heterocycles. The Morgan fingerprint density at radius 3 is 2.56 bits per heavy atom. The second-order valence-electron chi connectivity index (χ2n) is 3.72. The average molecular weight is 256 g/mol. The molecule has 0 unspecified atom stereocenters. The van der Waals surface area contributed by atoms with Gasteiger partial charge in [-0.15, -0.1) is 0 Å². The Hall–Kier alpha value is -1.89. The van der Waals surface area contributed by atoms with Gasteiger partial charge in [-0.25, -0.2) is 15.8 Å². The van der Waals surface area contributed by atoms with E-state index in [0.717, 1.165) is 12.1 Å². The average Bonchev–Trinajstić information content (AvgIpc) is 2.35. The van der Waals surface area contributed by atoms with Crippen molar-refractivity contribution in [3.05, 3.63) is 29.6 Å². The van der Waals surface area contributed by atoms with E-state index in [1.165, 1.54) is 6.07 Å². The van der Waals surface area contributed by atoms with Crippen LogP contribution in [0, 0.1) is 0 Å². The van der Waals surface area contributed by atoms with Crippen molar-refractivity contribution in [1.82, 2.24) is 9.97 Å². The molecular formula is C11H11F3N4. The summed E-state index contributed by atoms with van der Waals surface area (Å²) in [6, 6.07) is 3.29. The minimum absolute atomic E-state index is 0.227. The summed E-state index contributed by atoms with van der Waals surface area (Å²) in [6.45, 7) is 1.81. The highest BCUT2D eigenvalue weighted by atomic mass is 19.4. The van der Waals surface area contributed by atoms with Gasteiger partial charge in [-0.05, 0) is 18.2 Å². The van der Waals surface area contributed by atoms with Crippen LogP contribution in [0.1, 0.15) is 18.3 Å². The van der Waals surface area contributed by atoms with Crippen LogP contribution >= 0.6 is 0 Å². The standard InChI is InChI=1S/C11H11F3N4/c1-2-9-16-8-5-6(11(12,13)14)3-4-7(8)10(17-9)18-15/h3-5H,2,15H2,1H3,(H,16,17,18). The number of hydrogen-bond donors (Lipinski definition) is 2. The third-order valence-electron chi connectivity index (χ3n) is 2.52. The second-order valence-corrected chi connectivity index (χ2v) is 3.72. The molecule has 1 aromatic carbocycles. The maximum Gasteiger partial charge on any atom is 0.416 e. The quantitative estimate of drug-likeness (QED) is 0.640. The first-order chi connectivity index (χ1) is 8.45. The Kier molecular flexibility index (Phi) is 3.08. The Bertz CT molecular complexity index is 580. The zero-order valence-corrected chi connectivity index (χ0v) is 9.54. The molecule has 4 nitrogen and oxygen atoms in total. The largest absolute Gasteiger partial charge is 0.416 e. The minimum atomic E-state index is -4.39. The van der Waals surface area contributed by atoms with Crippen LogP contribution in [0.5, 0.6) is 0 Å². The number of nitrogen functional groups attached to an aromatic ring is 1. The van der Waals surface area contributed by atoms with Crippen LogP contribution in [0.2, 0.25) is 0 Å². The molecule has 0 saturated carbocycles. The van der Waals surface area contributed by atoms with E-state index < -0.39 is 11.7 Å². The van der Waals surface area contributed by atoms with E-state index in [1.54, 1.807) is 0 Å². The molecule has 0 bridgehead atoms. The van der Waals surface area contributed by atoms with E-state index in [9.17, 15) is 13.2 Å². The van der Waals surface area contributed by atoms with Gasteiger partial charge in [0.25, 0.3) is 0 Å². The number of alkyl halides is 3. The molecule has 3 N–H and O–H groups in total. The van der Waals surface area contributed by atoms with Crippen molar-refractivity contribution in [2.24, 2.45) is 5.84 Å². The lowest BCUT2D eigenvalue weighted by Crippen LogP contribution is -2.12. The Labute approximate surface area is 101 Å². The van der Waals surface area contributed by atoms with E-state index in [4.69, 9.17) is 5.84 Å². The molecule has 0 atom stereocenters. The molecule has 0 spiro atoms. The summed E-state index contributed by atoms with van der Waals surface area (Å²) in [5, 5.41) is 0.461. The van der Waals surface area contributed by atoms with Crippen molar-refractivity contribution >= 4 is 16.7 Å². The number of nitrogens with zero attached hydrogens (tertiary/aromatic N) is 2. The van der Waals surface area contributed by atoms with Gasteiger partial charge in [0, 0.05) is 11.8 Å². The van der Waals surface area contributed by atoms with E-state index in [-0.39, 0.29) is 5.52 Å². The number of benzene rings is 1. The molecule has 7 heteroatoms. The Balaban J connectivity index is 2.68. The van der Waals surface area contributed by atoms with E-state index in [1.807, 2.05) is 6.92 Å². The number of fused-ring (bicyclic) bond motifs is 1. The highest BCUT2D eigenvalue weighted by Crippen LogP contribution is 2.32. The number of aromatic nitrogens is 2. The maximum atomic E-state index is 12.6. The fourth-order valence-electron chi connectivity index (χ4n) is 1.62. The van der Waals surface area contributed by atoms with Crippen LogP contribution in [-0.2, 0) is 12.6 Å². The molecule has 0 fully saturated rings. The molecule has 0 radical (unpaired) electrons. The fourth-order valence-corrected chi connectivity index (χ4v) is 1.62. The first-order valence-electron chi connectivity index (χ1n) is 5.30. The first-order valence-corrected chi connectivity index (χ1v) is 5.30. The zero-order chi connectivity index (χ0) is 13.3. The van der Waals surface area contributed by atoms with Gasteiger partial charge < -0.3 is 5.43 Å². The van der Waals surface area contributed by atoms with E-state index in [2.05, 4.69) is 15.4 Å². The lowest BCUT2D eigenvalue weighted by atomic mass is 10.1. The lowest BCUT2D eigenvalue weighted by Gasteiger charge is -2.10. The summed E-state index contributed by atoms with van der Waals surface area (Å²) in [7, 11) is 0. The van der Waals surface area contributed by atoms with Gasteiger partial charge >= 0.3 is 6.18 Å². The fraction of sp³-hybridized carbons (Fsp3) is 0.273. The van der Waals surface area contributed by atoms with Crippen molar-refractivity contribution in [3.63, 3.8) is 0 Å². The third-order valence-corrected chi connectivity index (χ3v) is 2.52. The van der Waals surface area contributed by atoms with Gasteiger partial charge in [-0.2, -0.15) is 13.2 Å². The number of anilines is 1. The molecule has 1 heterocycles. The molecule has 0 aliphatic heterocycles. The van der Waals surface area contributed by atoms with Crippen molar-refractivity contribution < 1.29 is 13.2 Å². The van der Waals surface area contributed by atoms with Gasteiger partial charge in [-0.1, -0.05) is 6.92 Å². The highest BCUT2D eigenvalue weighted by Gasteiger charge is 2.30. The summed E-state index contributed by atoms with van der Waals surface area (Å²) in [5.41, 5.74) is 1.86. The number of hydrazine groups is 1. The summed E-state index contributed by atoms with van der Waals surface area (Å²) >= 11 is 0. The Morgan fingerprint density at radius 1 is 1.28 bits per heavy atom. The summed E-state index contributed by atoms with van der Waals surface area (Å²) in [4.78, 5) is 8.17. The molecule has 18 heavy (non-hydrogen) atoms. The third kappa shape index (κ3) is 2.21. The number of halogens is 3. The normalized spacial score (nSPS) is 11.8. The molecule has 2 rings (SSSR count). The van der Waals surface area contributed by atoms with Crippen LogP contribution < -0.4 is 11.3 Å². The van der Waals surface area contributed by atoms with Gasteiger partial charge in [0.05, 0.1) is 11.1 Å². The minimum Gasteiger partial charge on any atom is -0.308 e. The van der Waals surface area contributed by atoms with Gasteiger partial charge in [0.1, 0.15) is 5.82 Å². The zero-order valence-electron chi connectivity index (χ0n) is 9.54. The van der Waals surface area contributed by atoms with E-state index >= 15 is 0 Å². The van der Waals surface area contributed by atoms with Crippen molar-refractivity contribution in [2.75, 3.05) is 5.43 Å². The molecule has 2 aromatic rings. The summed E-state index contributed by atoms with van der Waals surface area (Å²) in [6.07, 6.45) is -3.87. The van der Waals surface area contributed by atoms with Crippen molar-refractivity contribution in [2.45, 2.75) is 19.5 Å². The highest BCUT2D eigenvalue weighted by molar-refractivity contribution is 5.89. The molecule has 0 aliphatic carbocycles. The first kappa shape index (κ1) is 12.6. The van der Waals surface area contributed by atoms with Gasteiger partial charge in [0.15, 0.2) is 5.82 Å². The van der Waals surface area contributed by atoms with Crippen LogP contribution in [-0.4, -0.2) is 9.97 Å². The Morgan fingerprint density at radius 2 is 2.00 bits per heavy atom. The van der Waals surface area contributed by atoms with Crippen molar-refractivity contribution in [1.29, 1.82) is 0 Å². The SMILES string of the molecule is CCc1nc(NN)c2ccc(C(F)(F)F)cc2n1. The smallest absolute Gasteiger partial charge is 0.308 e. The van der Waals surface area contributed by atoms with Crippen LogP contribution in [0.4, 0.5) is 19.0 Å². The predicted octanol–water partition coefficient (Wildman–Crippen LogP) is 2.50. The number of rotatable bonds is 2. The topological polar surface area (TPSA) is 63.8 Å². The predicted molar refractivity (Wildman–Crippen MR) is 61.7 cm³/mol. The second kappa shape index (κ2) is 4.41. The molecule has 0 amide bonds.